The second-order valence-corrected chi connectivity index (χ2v) is 22.8. The summed E-state index contributed by atoms with van der Waals surface area (Å²) in [6.45, 7) is 0. The summed E-state index contributed by atoms with van der Waals surface area (Å²) in [5, 5.41) is 5.58. The minimum atomic E-state index is 0.149. The number of para-hydroxylation sites is 1. The van der Waals surface area contributed by atoms with Gasteiger partial charge >= 0.3 is 394 Å². The van der Waals surface area contributed by atoms with Crippen molar-refractivity contribution in [3.05, 3.63) is 306 Å². The van der Waals surface area contributed by atoms with Gasteiger partial charge in [0.25, 0.3) is 0 Å². The molecule has 336 valence electrons. The van der Waals surface area contributed by atoms with Crippen molar-refractivity contribution in [2.45, 2.75) is 11.8 Å². The van der Waals surface area contributed by atoms with Gasteiger partial charge in [0, 0.05) is 5.69 Å². The summed E-state index contributed by atoms with van der Waals surface area (Å²) >= 11 is 0.538. The van der Waals surface area contributed by atoms with Crippen LogP contribution in [0.4, 0.5) is 17.1 Å². The normalized spacial score (nSPS) is 12.4. The van der Waals surface area contributed by atoms with E-state index in [-0.39, 0.29) is 40.8 Å². The topological polar surface area (TPSA) is 3.24 Å². The second-order valence-electron chi connectivity index (χ2n) is 18.3. The van der Waals surface area contributed by atoms with Crippen molar-refractivity contribution in [2.75, 3.05) is 4.90 Å². The van der Waals surface area contributed by atoms with Crippen LogP contribution in [0.3, 0.4) is 0 Å². The van der Waals surface area contributed by atoms with Gasteiger partial charge in [-0.3, -0.25) is 0 Å². The summed E-state index contributed by atoms with van der Waals surface area (Å²) in [7, 11) is 0. The molecule has 11 aromatic carbocycles. The molecule has 3 heteroatoms. The molecule has 71 heavy (non-hydrogen) atoms. The predicted octanol–water partition coefficient (Wildman–Crippen LogP) is 17.6. The SMILES string of the molecule is c1ccc(C(c2ccc(-c3ccc(N(c4ccccc4)c4ccc(-c5ccc(C(c6ccccc6)c6cccc7c6[se]c6ccccc67)cc5)cc4)cc3)cc2)c2cccc3c2[se]c2ccccc23)cc1. The molecule has 0 bridgehead atoms. The van der Waals surface area contributed by atoms with E-state index < -0.39 is 0 Å². The molecule has 0 aliphatic heterocycles. The molecule has 2 aromatic heterocycles. The molecule has 2 heterocycles. The van der Waals surface area contributed by atoms with E-state index >= 15 is 0 Å². The number of anilines is 3. The standard InChI is InChI=1S/C68H47NSe2/c1-4-16-50(17-5-1)65(61-26-14-24-59-57-22-10-12-28-63(57)70-67(59)61)52-34-30-46(31-35-52)48-38-42-55(43-39-48)69(54-20-8-3-9-21-54)56-44-40-49(41-45-56)47-32-36-53(37-33-47)66(51-18-6-2-7-19-51)62-27-15-25-60-58-23-11-13-29-64(58)71-68(60)62/h1-45,65-66H. The number of rotatable bonds is 11. The molecule has 0 radical (unpaired) electrons. The van der Waals surface area contributed by atoms with E-state index in [2.05, 4.69) is 278 Å². The third kappa shape index (κ3) is 8.18. The Morgan fingerprint density at radius 2 is 0.549 bits per heavy atom. The molecule has 0 aliphatic carbocycles. The minimum absolute atomic E-state index is 0.149. The van der Waals surface area contributed by atoms with Gasteiger partial charge in [-0.1, -0.05) is 18.2 Å². The van der Waals surface area contributed by atoms with Gasteiger partial charge in [-0.2, -0.15) is 0 Å². The number of hydrogen-bond acceptors (Lipinski definition) is 1. The number of hydrogen-bond donors (Lipinski definition) is 0. The van der Waals surface area contributed by atoms with Crippen LogP contribution in [0.15, 0.2) is 273 Å². The van der Waals surface area contributed by atoms with E-state index in [1.165, 1.54) is 94.2 Å². The van der Waals surface area contributed by atoms with Crippen molar-refractivity contribution in [1.82, 2.24) is 0 Å². The molecule has 13 aromatic rings. The van der Waals surface area contributed by atoms with Gasteiger partial charge in [0.15, 0.2) is 0 Å². The Bertz CT molecular complexity index is 3710. The quantitative estimate of drug-likeness (QED) is 0.0922. The van der Waals surface area contributed by atoms with Crippen LogP contribution in [0.1, 0.15) is 45.2 Å². The van der Waals surface area contributed by atoms with Crippen LogP contribution in [-0.2, 0) is 0 Å². The fourth-order valence-electron chi connectivity index (χ4n) is 10.8. The van der Waals surface area contributed by atoms with Gasteiger partial charge < -0.3 is 0 Å². The molecule has 0 saturated carbocycles. The van der Waals surface area contributed by atoms with Crippen molar-refractivity contribution >= 4 is 84.7 Å². The van der Waals surface area contributed by atoms with Crippen molar-refractivity contribution in [3.8, 4) is 22.3 Å². The molecule has 0 N–H and O–H groups in total. The van der Waals surface area contributed by atoms with Crippen molar-refractivity contribution < 1.29 is 0 Å². The zero-order valence-corrected chi connectivity index (χ0v) is 42.3. The van der Waals surface area contributed by atoms with Crippen LogP contribution < -0.4 is 4.90 Å². The Hall–Kier alpha value is -7.74. The Morgan fingerprint density at radius 3 is 0.958 bits per heavy atom. The number of benzene rings is 11. The van der Waals surface area contributed by atoms with Crippen molar-refractivity contribution in [1.29, 1.82) is 0 Å². The van der Waals surface area contributed by atoms with Gasteiger partial charge in [-0.05, 0) is 12.1 Å². The van der Waals surface area contributed by atoms with Gasteiger partial charge in [0.2, 0.25) is 0 Å². The Balaban J connectivity index is 0.787. The van der Waals surface area contributed by atoms with Crippen LogP contribution in [0.2, 0.25) is 0 Å². The van der Waals surface area contributed by atoms with E-state index in [0.717, 1.165) is 17.1 Å². The van der Waals surface area contributed by atoms with Crippen molar-refractivity contribution in [2.24, 2.45) is 0 Å². The van der Waals surface area contributed by atoms with E-state index in [9.17, 15) is 0 Å². The maximum atomic E-state index is 2.36. The van der Waals surface area contributed by atoms with Gasteiger partial charge in [0.1, 0.15) is 0 Å². The van der Waals surface area contributed by atoms with E-state index in [4.69, 9.17) is 0 Å². The fourth-order valence-corrected chi connectivity index (χ4v) is 16.0. The zero-order valence-electron chi connectivity index (χ0n) is 38.9. The molecular formula is C68H47NSe2. The molecule has 13 rings (SSSR count). The average molecular weight is 1040 g/mol. The monoisotopic (exact) mass is 1040 g/mol. The predicted molar refractivity (Wildman–Crippen MR) is 304 cm³/mol. The molecule has 2 unspecified atom stereocenters. The average Bonchev–Trinajstić information content (AvgIpc) is 4.03. The van der Waals surface area contributed by atoms with E-state index in [0.29, 0.717) is 0 Å². The number of nitrogens with zero attached hydrogens (tertiary/aromatic N) is 1. The Morgan fingerprint density at radius 1 is 0.239 bits per heavy atom. The summed E-state index contributed by atoms with van der Waals surface area (Å²) in [6.07, 6.45) is 0. The molecule has 0 aliphatic rings. The summed E-state index contributed by atoms with van der Waals surface area (Å²) in [6, 6.07) is 101. The first-order valence-electron chi connectivity index (χ1n) is 24.4. The van der Waals surface area contributed by atoms with E-state index in [1.54, 1.807) is 0 Å². The second kappa shape index (κ2) is 18.9. The first-order valence-corrected chi connectivity index (χ1v) is 27.8. The Labute approximate surface area is 427 Å². The molecule has 2 atom stereocenters. The summed E-state index contributed by atoms with van der Waals surface area (Å²) in [4.78, 5) is 2.35. The van der Waals surface area contributed by atoms with Crippen LogP contribution >= 0.6 is 0 Å². The summed E-state index contributed by atoms with van der Waals surface area (Å²) in [5.41, 5.74) is 16.2. The van der Waals surface area contributed by atoms with Gasteiger partial charge in [-0.25, -0.2) is 0 Å². The maximum absolute atomic E-state index is 2.36. The van der Waals surface area contributed by atoms with E-state index in [1.807, 2.05) is 0 Å². The molecule has 0 amide bonds. The molecule has 0 spiro atoms. The zero-order chi connectivity index (χ0) is 47.1. The van der Waals surface area contributed by atoms with Crippen LogP contribution in [-0.4, -0.2) is 29.0 Å². The fraction of sp³-hybridized carbons (Fsp3) is 0.0294. The van der Waals surface area contributed by atoms with Gasteiger partial charge in [0.05, 0.1) is 0 Å². The third-order valence-electron chi connectivity index (χ3n) is 14.2. The Kier molecular flexibility index (Phi) is 11.5. The summed E-state index contributed by atoms with van der Waals surface area (Å²) in [5.74, 6) is 0.298. The van der Waals surface area contributed by atoms with Gasteiger partial charge in [-0.15, -0.1) is 0 Å². The van der Waals surface area contributed by atoms with Crippen LogP contribution in [0, 0.1) is 0 Å². The van der Waals surface area contributed by atoms with Crippen molar-refractivity contribution in [3.63, 3.8) is 0 Å². The first-order chi connectivity index (χ1) is 35.2. The summed E-state index contributed by atoms with van der Waals surface area (Å²) < 4.78 is 5.97. The number of fused-ring (bicyclic) bond motifs is 6. The first kappa shape index (κ1) is 43.3. The van der Waals surface area contributed by atoms with Crippen LogP contribution in [0.5, 0.6) is 0 Å². The van der Waals surface area contributed by atoms with Crippen LogP contribution in [0.25, 0.3) is 60.8 Å². The molecule has 0 saturated heterocycles. The third-order valence-corrected chi connectivity index (χ3v) is 19.4. The molecule has 1 nitrogen and oxygen atoms in total. The molecule has 0 fully saturated rings. The molecular weight excluding hydrogens is 989 g/mol.